The largest absolute Gasteiger partial charge is 0.462 e. The van der Waals surface area contributed by atoms with Crippen molar-refractivity contribution in [2.45, 2.75) is 44.3 Å². The van der Waals surface area contributed by atoms with E-state index < -0.39 is 11.9 Å². The quantitative estimate of drug-likeness (QED) is 0.353. The van der Waals surface area contributed by atoms with Gasteiger partial charge >= 0.3 is 11.9 Å². The van der Waals surface area contributed by atoms with Gasteiger partial charge < -0.3 is 14.8 Å². The van der Waals surface area contributed by atoms with Crippen molar-refractivity contribution in [3.8, 4) is 0 Å². The van der Waals surface area contributed by atoms with E-state index in [2.05, 4.69) is 5.32 Å². The van der Waals surface area contributed by atoms with Crippen LogP contribution in [-0.4, -0.2) is 42.1 Å². The minimum atomic E-state index is -0.411. The molecule has 1 aromatic carbocycles. The van der Waals surface area contributed by atoms with E-state index in [1.54, 1.807) is 31.2 Å². The average molecular weight is 412 g/mol. The number of unbranched alkanes of at least 4 members (excludes halogenated alkanes) is 1. The number of ether oxygens (including phenoxy) is 2. The molecule has 1 saturated heterocycles. The van der Waals surface area contributed by atoms with E-state index in [1.165, 1.54) is 12.2 Å². The molecule has 0 unspecified atom stereocenters. The van der Waals surface area contributed by atoms with Crippen molar-refractivity contribution < 1.29 is 23.9 Å². The van der Waals surface area contributed by atoms with Crippen LogP contribution in [0.25, 0.3) is 0 Å². The number of carbonyl (C=O) groups is 3. The number of rotatable bonds is 10. The zero-order valence-electron chi connectivity index (χ0n) is 15.4. The summed E-state index contributed by atoms with van der Waals surface area (Å²) in [6.45, 7) is 1.73. The molecule has 1 aromatic rings. The van der Waals surface area contributed by atoms with Crippen LogP contribution in [0.4, 0.5) is 5.69 Å². The highest BCUT2D eigenvalue weighted by atomic mass is 33.1. The Balaban J connectivity index is 1.60. The highest BCUT2D eigenvalue weighted by Gasteiger charge is 2.16. The third-order valence-corrected chi connectivity index (χ3v) is 6.94. The van der Waals surface area contributed by atoms with E-state index >= 15 is 0 Å². The van der Waals surface area contributed by atoms with Gasteiger partial charge in [0.05, 0.1) is 12.2 Å². The van der Waals surface area contributed by atoms with Gasteiger partial charge in [-0.15, -0.1) is 0 Å². The lowest BCUT2D eigenvalue weighted by atomic mass is 10.1. The Morgan fingerprint density at radius 2 is 1.93 bits per heavy atom. The summed E-state index contributed by atoms with van der Waals surface area (Å²) in [6, 6.07) is 6.35. The van der Waals surface area contributed by atoms with Gasteiger partial charge in [-0.25, -0.2) is 4.79 Å². The molecule has 1 aliphatic rings. The molecule has 1 aliphatic heterocycles. The summed E-state index contributed by atoms with van der Waals surface area (Å²) in [6.07, 6.45) is 4.52. The third-order valence-electron chi connectivity index (χ3n) is 3.93. The maximum atomic E-state index is 11.9. The first kappa shape index (κ1) is 21.6. The Bertz CT molecular complexity index is 629. The number of hydrogen-bond acceptors (Lipinski definition) is 7. The molecular formula is C19H25NO5S2. The molecule has 1 fully saturated rings. The van der Waals surface area contributed by atoms with Gasteiger partial charge in [0.1, 0.15) is 0 Å². The van der Waals surface area contributed by atoms with Crippen molar-refractivity contribution in [3.05, 3.63) is 29.8 Å². The third kappa shape index (κ3) is 8.26. The zero-order chi connectivity index (χ0) is 19.5. The lowest BCUT2D eigenvalue weighted by Crippen LogP contribution is -2.20. The molecule has 0 aliphatic carbocycles. The summed E-state index contributed by atoms with van der Waals surface area (Å²) in [7, 11) is 3.86. The summed E-state index contributed by atoms with van der Waals surface area (Å²) in [5.41, 5.74) is 0.937. The highest BCUT2D eigenvalue weighted by molar-refractivity contribution is 8.77. The molecule has 0 radical (unpaired) electrons. The van der Waals surface area contributed by atoms with Crippen LogP contribution >= 0.6 is 21.6 Å². The van der Waals surface area contributed by atoms with Crippen LogP contribution in [0.3, 0.4) is 0 Å². The number of anilines is 1. The Morgan fingerprint density at radius 1 is 1.15 bits per heavy atom. The molecule has 27 heavy (non-hydrogen) atoms. The molecule has 0 saturated carbocycles. The summed E-state index contributed by atoms with van der Waals surface area (Å²) in [5, 5.41) is 3.34. The Hall–Kier alpha value is -1.67. The Kier molecular flexibility index (Phi) is 9.55. The topological polar surface area (TPSA) is 81.7 Å². The van der Waals surface area contributed by atoms with Crippen molar-refractivity contribution in [2.75, 3.05) is 24.3 Å². The monoisotopic (exact) mass is 411 g/mol. The fourth-order valence-electron chi connectivity index (χ4n) is 2.53. The van der Waals surface area contributed by atoms with Crippen LogP contribution in [0.5, 0.6) is 0 Å². The predicted molar refractivity (Wildman–Crippen MR) is 109 cm³/mol. The highest BCUT2D eigenvalue weighted by Crippen LogP contribution is 2.39. The second-order valence-electron chi connectivity index (χ2n) is 6.08. The van der Waals surface area contributed by atoms with E-state index in [0.29, 0.717) is 29.5 Å². The van der Waals surface area contributed by atoms with Gasteiger partial charge in [-0.3, -0.25) is 9.59 Å². The second kappa shape index (κ2) is 11.9. The molecule has 0 aromatic heterocycles. The van der Waals surface area contributed by atoms with Crippen LogP contribution in [0.2, 0.25) is 0 Å². The fraction of sp³-hybridized carbons (Fsp3) is 0.526. The maximum absolute atomic E-state index is 11.9. The molecule has 1 amide bonds. The van der Waals surface area contributed by atoms with Crippen LogP contribution < -0.4 is 5.32 Å². The van der Waals surface area contributed by atoms with Crippen LogP contribution in [0.15, 0.2) is 24.3 Å². The molecule has 1 atom stereocenters. The predicted octanol–water partition coefficient (Wildman–Crippen LogP) is 4.06. The minimum absolute atomic E-state index is 0.307. The lowest BCUT2D eigenvalue weighted by molar-refractivity contribution is -0.147. The van der Waals surface area contributed by atoms with E-state index in [1.807, 2.05) is 21.6 Å². The van der Waals surface area contributed by atoms with Gasteiger partial charge in [0.25, 0.3) is 5.91 Å². The summed E-state index contributed by atoms with van der Waals surface area (Å²) < 4.78 is 9.90. The maximum Gasteiger partial charge on any atom is 0.338 e. The Labute approximate surface area is 167 Å². The fourth-order valence-corrected chi connectivity index (χ4v) is 5.55. The van der Waals surface area contributed by atoms with E-state index in [-0.39, 0.29) is 12.6 Å². The lowest BCUT2D eigenvalue weighted by Gasteiger charge is -2.08. The van der Waals surface area contributed by atoms with E-state index in [0.717, 1.165) is 19.3 Å². The van der Waals surface area contributed by atoms with Crippen molar-refractivity contribution >= 4 is 45.1 Å². The molecule has 0 spiro atoms. The average Bonchev–Trinajstić information content (AvgIpc) is 3.18. The van der Waals surface area contributed by atoms with Crippen LogP contribution in [-0.2, 0) is 19.1 Å². The number of amides is 1. The first-order valence-electron chi connectivity index (χ1n) is 9.09. The molecule has 6 nitrogen and oxygen atoms in total. The molecule has 148 valence electrons. The van der Waals surface area contributed by atoms with Gasteiger partial charge in [0.15, 0.2) is 6.61 Å². The van der Waals surface area contributed by atoms with E-state index in [9.17, 15) is 14.4 Å². The van der Waals surface area contributed by atoms with E-state index in [4.69, 9.17) is 9.47 Å². The minimum Gasteiger partial charge on any atom is -0.462 e. The molecule has 8 heteroatoms. The van der Waals surface area contributed by atoms with Crippen LogP contribution in [0.1, 0.15) is 49.4 Å². The van der Waals surface area contributed by atoms with Gasteiger partial charge in [0.2, 0.25) is 0 Å². The second-order valence-corrected chi connectivity index (χ2v) is 8.87. The van der Waals surface area contributed by atoms with Crippen molar-refractivity contribution in [1.82, 2.24) is 0 Å². The van der Waals surface area contributed by atoms with Gasteiger partial charge in [-0.2, -0.15) is 0 Å². The van der Waals surface area contributed by atoms with Crippen LogP contribution in [0, 0.1) is 0 Å². The first-order valence-corrected chi connectivity index (χ1v) is 11.5. The smallest absolute Gasteiger partial charge is 0.338 e. The summed E-state index contributed by atoms with van der Waals surface area (Å²) in [5.74, 6) is 0.0513. The van der Waals surface area contributed by atoms with Gasteiger partial charge in [-0.1, -0.05) is 28.0 Å². The number of esters is 2. The van der Waals surface area contributed by atoms with Gasteiger partial charge in [-0.05, 0) is 50.5 Å². The molecule has 1 N–H and O–H groups in total. The Morgan fingerprint density at radius 3 is 2.59 bits per heavy atom. The normalized spacial score (nSPS) is 16.0. The number of benzene rings is 1. The number of nitrogens with one attached hydrogen (secondary N) is 1. The summed E-state index contributed by atoms with van der Waals surface area (Å²) >= 11 is 0. The van der Waals surface area contributed by atoms with Crippen molar-refractivity contribution in [3.63, 3.8) is 0 Å². The first-order chi connectivity index (χ1) is 13.1. The number of hydrogen-bond donors (Lipinski definition) is 1. The molecule has 1 heterocycles. The zero-order valence-corrected chi connectivity index (χ0v) is 17.0. The molecular weight excluding hydrogens is 386 g/mol. The van der Waals surface area contributed by atoms with Crippen molar-refractivity contribution in [2.24, 2.45) is 0 Å². The molecule has 2 rings (SSSR count). The molecule has 0 bridgehead atoms. The standard InChI is InChI=1S/C19H25NO5S2/c1-2-24-19(23)14-7-9-15(10-8-14)20-17(21)13-25-18(22)6-4-3-5-16-11-12-26-27-16/h7-10,16H,2-6,11-13H2,1H3,(H,20,21)/t16-/m0/s1. The SMILES string of the molecule is CCOC(=O)c1ccc(NC(=O)COC(=O)CCCC[C@H]2CCSS2)cc1. The number of carbonyl (C=O) groups excluding carboxylic acids is 3. The van der Waals surface area contributed by atoms with Gasteiger partial charge in [0, 0.05) is 23.1 Å². The summed E-state index contributed by atoms with van der Waals surface area (Å²) in [4.78, 5) is 35.1. The van der Waals surface area contributed by atoms with Crippen molar-refractivity contribution in [1.29, 1.82) is 0 Å².